The summed E-state index contributed by atoms with van der Waals surface area (Å²) in [4.78, 5) is 23.8. The Balaban J connectivity index is 1.83. The van der Waals surface area contributed by atoms with E-state index in [1.807, 2.05) is 19.1 Å². The second-order valence-corrected chi connectivity index (χ2v) is 5.07. The van der Waals surface area contributed by atoms with Crippen molar-refractivity contribution in [3.63, 3.8) is 0 Å². The summed E-state index contributed by atoms with van der Waals surface area (Å²) < 4.78 is 10.5. The number of ether oxygens (including phenoxy) is 2. The molecule has 0 spiro atoms. The normalized spacial score (nSPS) is 16.9. The van der Waals surface area contributed by atoms with Crippen molar-refractivity contribution in [2.75, 3.05) is 18.5 Å². The number of amides is 1. The molecule has 0 saturated heterocycles. The van der Waals surface area contributed by atoms with Crippen molar-refractivity contribution in [2.45, 2.75) is 26.2 Å². The first kappa shape index (κ1) is 16.1. The number of allylic oxidation sites excluding steroid dienone is 2. The Morgan fingerprint density at radius 2 is 2.09 bits per heavy atom. The highest BCUT2D eigenvalue weighted by Gasteiger charge is 2.21. The first-order chi connectivity index (χ1) is 10.7. The Morgan fingerprint density at radius 1 is 1.27 bits per heavy atom. The average Bonchev–Trinajstić information content (AvgIpc) is 2.55. The summed E-state index contributed by atoms with van der Waals surface area (Å²) in [5.41, 5.74) is 0.575. The molecule has 2 rings (SSSR count). The lowest BCUT2D eigenvalue weighted by Crippen LogP contribution is -2.25. The van der Waals surface area contributed by atoms with Crippen LogP contribution in [0.2, 0.25) is 0 Å². The number of nitrogens with one attached hydrogen (secondary N) is 1. The Kier molecular flexibility index (Phi) is 6.01. The van der Waals surface area contributed by atoms with Gasteiger partial charge in [0.15, 0.2) is 6.61 Å². The molecular formula is C17H21NO4. The van der Waals surface area contributed by atoms with E-state index in [9.17, 15) is 9.59 Å². The summed E-state index contributed by atoms with van der Waals surface area (Å²) in [5.74, 6) is -0.208. The van der Waals surface area contributed by atoms with Gasteiger partial charge >= 0.3 is 5.97 Å². The Hall–Kier alpha value is -2.30. The van der Waals surface area contributed by atoms with E-state index in [1.165, 1.54) is 0 Å². The minimum atomic E-state index is -0.369. The largest absolute Gasteiger partial charge is 0.492 e. The molecule has 1 atom stereocenters. The third kappa shape index (κ3) is 4.62. The van der Waals surface area contributed by atoms with E-state index in [4.69, 9.17) is 9.47 Å². The van der Waals surface area contributed by atoms with Crippen LogP contribution in [0.25, 0.3) is 0 Å². The molecule has 22 heavy (non-hydrogen) atoms. The second-order valence-electron chi connectivity index (χ2n) is 5.07. The lowest BCUT2D eigenvalue weighted by atomic mass is 9.95. The van der Waals surface area contributed by atoms with Gasteiger partial charge in [0.1, 0.15) is 5.75 Å². The maximum atomic E-state index is 11.9. The van der Waals surface area contributed by atoms with E-state index in [0.717, 1.165) is 12.8 Å². The molecule has 0 unspecified atom stereocenters. The molecule has 0 bridgehead atoms. The van der Waals surface area contributed by atoms with E-state index in [0.29, 0.717) is 24.5 Å². The second kappa shape index (κ2) is 8.22. The number of carbonyl (C=O) groups is 2. The highest BCUT2D eigenvalue weighted by molar-refractivity contribution is 5.94. The van der Waals surface area contributed by atoms with Gasteiger partial charge in [-0.3, -0.25) is 9.59 Å². The molecule has 1 amide bonds. The average molecular weight is 303 g/mol. The molecule has 1 aromatic rings. The van der Waals surface area contributed by atoms with Crippen LogP contribution >= 0.6 is 0 Å². The number of benzene rings is 1. The van der Waals surface area contributed by atoms with Crippen molar-refractivity contribution in [2.24, 2.45) is 5.92 Å². The van der Waals surface area contributed by atoms with E-state index in [-0.39, 0.29) is 24.4 Å². The predicted molar refractivity (Wildman–Crippen MR) is 83.7 cm³/mol. The molecule has 118 valence electrons. The van der Waals surface area contributed by atoms with Gasteiger partial charge in [-0.2, -0.15) is 0 Å². The van der Waals surface area contributed by atoms with Gasteiger partial charge < -0.3 is 14.8 Å². The quantitative estimate of drug-likeness (QED) is 0.648. The minimum absolute atomic E-state index is 0.131. The van der Waals surface area contributed by atoms with Crippen LogP contribution in [-0.4, -0.2) is 25.1 Å². The SMILES string of the molecule is CCOc1ccccc1NC(=O)COC(=O)[C@@H]1CC=CCC1. The fraction of sp³-hybridized carbons (Fsp3) is 0.412. The summed E-state index contributed by atoms with van der Waals surface area (Å²) >= 11 is 0. The van der Waals surface area contributed by atoms with Crippen LogP contribution in [0.3, 0.4) is 0 Å². The molecule has 0 aliphatic heterocycles. The number of hydrogen-bond donors (Lipinski definition) is 1. The summed E-state index contributed by atoms with van der Waals surface area (Å²) in [6.07, 6.45) is 6.39. The predicted octanol–water partition coefficient (Wildman–Crippen LogP) is 2.92. The number of para-hydroxylation sites is 2. The zero-order valence-electron chi connectivity index (χ0n) is 12.7. The zero-order valence-corrected chi connectivity index (χ0v) is 12.7. The summed E-state index contributed by atoms with van der Waals surface area (Å²) in [7, 11) is 0. The molecule has 0 aromatic heterocycles. The molecule has 5 nitrogen and oxygen atoms in total. The fourth-order valence-corrected chi connectivity index (χ4v) is 2.30. The van der Waals surface area contributed by atoms with Crippen LogP contribution in [0.5, 0.6) is 5.75 Å². The molecule has 1 aliphatic carbocycles. The van der Waals surface area contributed by atoms with Gasteiger partial charge in [0.25, 0.3) is 5.91 Å². The van der Waals surface area contributed by atoms with Gasteiger partial charge in [0.2, 0.25) is 0 Å². The Labute approximate surface area is 130 Å². The molecule has 0 heterocycles. The van der Waals surface area contributed by atoms with Gasteiger partial charge in [0, 0.05) is 0 Å². The van der Waals surface area contributed by atoms with Crippen molar-refractivity contribution >= 4 is 17.6 Å². The molecule has 1 aromatic carbocycles. The van der Waals surface area contributed by atoms with Crippen LogP contribution in [0.4, 0.5) is 5.69 Å². The van der Waals surface area contributed by atoms with Crippen LogP contribution in [0, 0.1) is 5.92 Å². The first-order valence-electron chi connectivity index (χ1n) is 7.54. The summed E-state index contributed by atoms with van der Waals surface area (Å²) in [5, 5.41) is 2.70. The Morgan fingerprint density at radius 3 is 2.82 bits per heavy atom. The number of anilines is 1. The van der Waals surface area contributed by atoms with Crippen LogP contribution in [0.15, 0.2) is 36.4 Å². The maximum Gasteiger partial charge on any atom is 0.309 e. The van der Waals surface area contributed by atoms with Crippen molar-refractivity contribution < 1.29 is 19.1 Å². The van der Waals surface area contributed by atoms with E-state index in [1.54, 1.807) is 18.2 Å². The molecule has 0 saturated carbocycles. The highest BCUT2D eigenvalue weighted by Crippen LogP contribution is 2.23. The molecule has 0 fully saturated rings. The monoisotopic (exact) mass is 303 g/mol. The number of rotatable bonds is 6. The van der Waals surface area contributed by atoms with Gasteiger partial charge in [0.05, 0.1) is 18.2 Å². The standard InChI is InChI=1S/C17H21NO4/c1-2-21-15-11-7-6-10-14(15)18-16(19)12-22-17(20)13-8-4-3-5-9-13/h3-4,6-7,10-11,13H,2,5,8-9,12H2,1H3,(H,18,19)/t13-/m1/s1. The number of carbonyl (C=O) groups excluding carboxylic acids is 2. The van der Waals surface area contributed by atoms with Gasteiger partial charge in [-0.15, -0.1) is 0 Å². The highest BCUT2D eigenvalue weighted by atomic mass is 16.5. The molecule has 5 heteroatoms. The summed E-state index contributed by atoms with van der Waals surface area (Å²) in [6, 6.07) is 7.16. The van der Waals surface area contributed by atoms with Gasteiger partial charge in [-0.05, 0) is 38.3 Å². The van der Waals surface area contributed by atoms with Crippen molar-refractivity contribution in [3.05, 3.63) is 36.4 Å². The molecular weight excluding hydrogens is 282 g/mol. The fourth-order valence-electron chi connectivity index (χ4n) is 2.30. The number of esters is 1. The summed E-state index contributed by atoms with van der Waals surface area (Å²) in [6.45, 7) is 2.11. The third-order valence-electron chi connectivity index (χ3n) is 3.41. The smallest absolute Gasteiger partial charge is 0.309 e. The zero-order chi connectivity index (χ0) is 15.8. The Bertz CT molecular complexity index is 553. The van der Waals surface area contributed by atoms with Crippen molar-refractivity contribution in [1.29, 1.82) is 0 Å². The third-order valence-corrected chi connectivity index (χ3v) is 3.41. The lowest BCUT2D eigenvalue weighted by molar-refractivity contribution is -0.151. The maximum absolute atomic E-state index is 11.9. The molecule has 0 radical (unpaired) electrons. The molecule has 1 N–H and O–H groups in total. The van der Waals surface area contributed by atoms with Crippen LogP contribution in [0.1, 0.15) is 26.2 Å². The minimum Gasteiger partial charge on any atom is -0.492 e. The van der Waals surface area contributed by atoms with Crippen molar-refractivity contribution in [1.82, 2.24) is 0 Å². The van der Waals surface area contributed by atoms with Gasteiger partial charge in [-0.25, -0.2) is 0 Å². The van der Waals surface area contributed by atoms with E-state index in [2.05, 4.69) is 11.4 Å². The topological polar surface area (TPSA) is 64.6 Å². The number of hydrogen-bond acceptors (Lipinski definition) is 4. The first-order valence-corrected chi connectivity index (χ1v) is 7.54. The lowest BCUT2D eigenvalue weighted by Gasteiger charge is -2.16. The van der Waals surface area contributed by atoms with E-state index >= 15 is 0 Å². The molecule has 1 aliphatic rings. The van der Waals surface area contributed by atoms with Crippen LogP contribution in [-0.2, 0) is 14.3 Å². The van der Waals surface area contributed by atoms with Crippen molar-refractivity contribution in [3.8, 4) is 5.75 Å². The van der Waals surface area contributed by atoms with Crippen LogP contribution < -0.4 is 10.1 Å². The van der Waals surface area contributed by atoms with E-state index < -0.39 is 0 Å². The van der Waals surface area contributed by atoms with Gasteiger partial charge in [-0.1, -0.05) is 24.3 Å².